The summed E-state index contributed by atoms with van der Waals surface area (Å²) in [6.07, 6.45) is 5.43. The third-order valence-corrected chi connectivity index (χ3v) is 11.3. The van der Waals surface area contributed by atoms with Crippen LogP contribution in [0.4, 0.5) is 0 Å². The number of hydrogen-bond acceptors (Lipinski definition) is 0. The molecule has 0 rings (SSSR count). The van der Waals surface area contributed by atoms with E-state index in [9.17, 15) is 0 Å². The van der Waals surface area contributed by atoms with Crippen molar-refractivity contribution in [3.8, 4) is 0 Å². The Labute approximate surface area is 149 Å². The van der Waals surface area contributed by atoms with Gasteiger partial charge < -0.3 is 4.65 Å². The Balaban J connectivity index is 0. The van der Waals surface area contributed by atoms with E-state index in [0.717, 1.165) is 11.1 Å². The van der Waals surface area contributed by atoms with Crippen LogP contribution in [0.1, 0.15) is 53.4 Å². The van der Waals surface area contributed by atoms with Gasteiger partial charge in [0.25, 0.3) is 0 Å². The van der Waals surface area contributed by atoms with E-state index in [1.807, 2.05) is 0 Å². The van der Waals surface area contributed by atoms with Crippen molar-refractivity contribution < 1.29 is 51.4 Å². The number of rotatable bonds is 8. The van der Waals surface area contributed by atoms with Crippen LogP contribution in [0.3, 0.4) is 0 Å². The third-order valence-electron chi connectivity index (χ3n) is 3.61. The molecule has 0 fully saturated rings. The zero-order valence-electron chi connectivity index (χ0n) is 12.6. The molecule has 0 aromatic rings. The van der Waals surface area contributed by atoms with Crippen LogP contribution in [0.25, 0.3) is 4.65 Å². The molecule has 4 heteroatoms. The van der Waals surface area contributed by atoms with Crippen LogP contribution in [-0.4, -0.2) is 17.9 Å². The first kappa shape index (κ1) is 20.3. The molecule has 4 unspecified atom stereocenters. The molecule has 0 aliphatic heterocycles. The molecular formula is C12H30KNSi2. The van der Waals surface area contributed by atoms with E-state index in [0.29, 0.717) is 0 Å². The van der Waals surface area contributed by atoms with E-state index in [1.54, 1.807) is 0 Å². The van der Waals surface area contributed by atoms with E-state index in [1.165, 1.54) is 25.7 Å². The molecule has 4 atom stereocenters. The molecular weight excluding hydrogens is 253 g/mol. The van der Waals surface area contributed by atoms with Gasteiger partial charge in [-0.15, -0.1) is 0 Å². The van der Waals surface area contributed by atoms with Gasteiger partial charge in [0.05, 0.1) is 0 Å². The zero-order valence-corrected chi connectivity index (χ0v) is 18.0. The quantitative estimate of drug-likeness (QED) is 0.599. The van der Waals surface area contributed by atoms with Crippen molar-refractivity contribution in [2.45, 2.75) is 77.6 Å². The zero-order chi connectivity index (χ0) is 11.8. The van der Waals surface area contributed by atoms with Crippen LogP contribution >= 0.6 is 0 Å². The maximum absolute atomic E-state index is 5.19. The SMILES string of the molecule is CCCC(C)[SiH](C)[N-][SiH](C)C(C)CCC.[K+]. The summed E-state index contributed by atoms with van der Waals surface area (Å²) in [7, 11) is -1.53. The fourth-order valence-electron chi connectivity index (χ4n) is 2.06. The summed E-state index contributed by atoms with van der Waals surface area (Å²) >= 11 is 0. The summed E-state index contributed by atoms with van der Waals surface area (Å²) in [5.74, 6) is 0. The average Bonchev–Trinajstić information content (AvgIpc) is 2.18. The van der Waals surface area contributed by atoms with Gasteiger partial charge in [0.1, 0.15) is 0 Å². The van der Waals surface area contributed by atoms with Crippen LogP contribution < -0.4 is 51.4 Å². The van der Waals surface area contributed by atoms with Crippen molar-refractivity contribution in [2.24, 2.45) is 0 Å². The Morgan fingerprint density at radius 3 is 1.44 bits per heavy atom. The normalized spacial score (nSPS) is 18.4. The molecule has 0 N–H and O–H groups in total. The standard InChI is InChI=1S/C12H30NSi2.K/c1-7-9-11(3)14(5)13-15(6)12(4)10-8-2;/h11-12,14-15H,7-10H2,1-6H3;/q-1;+1. The smallest absolute Gasteiger partial charge is 0.672 e. The van der Waals surface area contributed by atoms with Crippen molar-refractivity contribution in [1.82, 2.24) is 0 Å². The predicted octanol–water partition coefficient (Wildman–Crippen LogP) is 1.45. The van der Waals surface area contributed by atoms with Gasteiger partial charge in [0, 0.05) is 0 Å². The van der Waals surface area contributed by atoms with E-state index in [2.05, 4.69) is 40.8 Å². The Morgan fingerprint density at radius 1 is 0.875 bits per heavy atom. The topological polar surface area (TPSA) is 14.1 Å². The number of hydrogen-bond donors (Lipinski definition) is 0. The molecule has 0 aliphatic rings. The predicted molar refractivity (Wildman–Crippen MR) is 78.0 cm³/mol. The molecule has 1 nitrogen and oxygen atoms in total. The number of nitrogens with zero attached hydrogens (tertiary/aromatic N) is 1. The van der Waals surface area contributed by atoms with Gasteiger partial charge in [-0.25, -0.2) is 0 Å². The van der Waals surface area contributed by atoms with Gasteiger partial charge >= 0.3 is 51.4 Å². The Morgan fingerprint density at radius 2 is 1.19 bits per heavy atom. The molecule has 0 amide bonds. The van der Waals surface area contributed by atoms with Crippen LogP contribution in [0.2, 0.25) is 24.2 Å². The van der Waals surface area contributed by atoms with Crippen molar-refractivity contribution in [3.05, 3.63) is 4.65 Å². The monoisotopic (exact) mass is 283 g/mol. The third kappa shape index (κ3) is 9.03. The molecule has 0 spiro atoms. The van der Waals surface area contributed by atoms with Crippen molar-refractivity contribution in [3.63, 3.8) is 0 Å². The van der Waals surface area contributed by atoms with E-state index >= 15 is 0 Å². The first-order chi connectivity index (χ1) is 7.02. The van der Waals surface area contributed by atoms with E-state index in [-0.39, 0.29) is 51.4 Å². The van der Waals surface area contributed by atoms with Gasteiger partial charge in [-0.05, 0) is 0 Å². The first-order valence-electron chi connectivity index (χ1n) is 6.72. The molecule has 92 valence electrons. The van der Waals surface area contributed by atoms with Crippen molar-refractivity contribution in [1.29, 1.82) is 0 Å². The second-order valence-corrected chi connectivity index (χ2v) is 11.6. The second kappa shape index (κ2) is 12.1. The fourth-order valence-corrected chi connectivity index (χ4v) is 9.01. The van der Waals surface area contributed by atoms with E-state index in [4.69, 9.17) is 4.65 Å². The molecule has 0 aliphatic carbocycles. The van der Waals surface area contributed by atoms with Crippen LogP contribution in [0.15, 0.2) is 0 Å². The van der Waals surface area contributed by atoms with Gasteiger partial charge in [-0.3, -0.25) is 0 Å². The van der Waals surface area contributed by atoms with Crippen LogP contribution in [0, 0.1) is 0 Å². The molecule has 0 aromatic carbocycles. The average molecular weight is 284 g/mol. The molecule has 0 saturated heterocycles. The van der Waals surface area contributed by atoms with Crippen LogP contribution in [0.5, 0.6) is 0 Å². The molecule has 0 heterocycles. The minimum atomic E-state index is -0.766. The van der Waals surface area contributed by atoms with Crippen LogP contribution in [-0.2, 0) is 0 Å². The molecule has 0 bridgehead atoms. The Kier molecular flexibility index (Phi) is 15.4. The molecule has 0 saturated carbocycles. The summed E-state index contributed by atoms with van der Waals surface area (Å²) in [4.78, 5) is 0. The summed E-state index contributed by atoms with van der Waals surface area (Å²) in [5.41, 5.74) is 1.83. The maximum Gasteiger partial charge on any atom is 1.00 e. The van der Waals surface area contributed by atoms with Gasteiger partial charge in [-0.2, -0.15) is 0 Å². The van der Waals surface area contributed by atoms with Crippen molar-refractivity contribution in [2.75, 3.05) is 0 Å². The molecule has 0 aromatic heterocycles. The van der Waals surface area contributed by atoms with Gasteiger partial charge in [0.2, 0.25) is 0 Å². The summed E-state index contributed by atoms with van der Waals surface area (Å²) < 4.78 is 5.19. The largest absolute Gasteiger partial charge is 1.00 e. The minimum absolute atomic E-state index is 0. The molecule has 0 radical (unpaired) electrons. The second-order valence-electron chi connectivity index (χ2n) is 5.16. The summed E-state index contributed by atoms with van der Waals surface area (Å²) in [6.45, 7) is 14.3. The summed E-state index contributed by atoms with van der Waals surface area (Å²) in [5, 5.41) is 0. The van der Waals surface area contributed by atoms with Gasteiger partial charge in [0.15, 0.2) is 0 Å². The summed E-state index contributed by atoms with van der Waals surface area (Å²) in [6, 6.07) is 0. The maximum atomic E-state index is 5.19. The first-order valence-corrected chi connectivity index (χ1v) is 11.4. The van der Waals surface area contributed by atoms with E-state index < -0.39 is 17.9 Å². The van der Waals surface area contributed by atoms with Crippen molar-refractivity contribution >= 4 is 17.9 Å². The Bertz CT molecular complexity index is 142. The fraction of sp³-hybridized carbons (Fsp3) is 1.00. The minimum Gasteiger partial charge on any atom is -0.672 e. The Hall–Kier alpha value is 2.03. The van der Waals surface area contributed by atoms with Gasteiger partial charge in [-0.1, -0.05) is 95.5 Å². The molecule has 16 heavy (non-hydrogen) atoms.